The number of nitrogens with zero attached hydrogens (tertiary/aromatic N) is 5. The summed E-state index contributed by atoms with van der Waals surface area (Å²) in [5.41, 5.74) is 7.18. The molecule has 0 radical (unpaired) electrons. The van der Waals surface area contributed by atoms with Gasteiger partial charge >= 0.3 is 12.1 Å². The first kappa shape index (κ1) is 33.3. The number of aromatic nitrogens is 2. The Balaban J connectivity index is 1.57. The van der Waals surface area contributed by atoms with Gasteiger partial charge in [0.15, 0.2) is 11.5 Å². The lowest BCUT2D eigenvalue weighted by Crippen LogP contribution is -2.46. The number of nitriles is 1. The van der Waals surface area contributed by atoms with Crippen molar-refractivity contribution in [1.82, 2.24) is 14.9 Å². The molecule has 13 heteroatoms. The van der Waals surface area contributed by atoms with E-state index in [-0.39, 0.29) is 11.5 Å². The van der Waals surface area contributed by atoms with Gasteiger partial charge in [-0.25, -0.2) is 19.6 Å². The van der Waals surface area contributed by atoms with Crippen LogP contribution in [0.3, 0.4) is 0 Å². The predicted molar refractivity (Wildman–Crippen MR) is 174 cm³/mol. The molecule has 2 heterocycles. The van der Waals surface area contributed by atoms with E-state index < -0.39 is 23.1 Å². The van der Waals surface area contributed by atoms with Gasteiger partial charge in [0.25, 0.3) is 0 Å². The molecular formula is C32H39ClN8O4. The van der Waals surface area contributed by atoms with Crippen molar-refractivity contribution in [3.63, 3.8) is 0 Å². The van der Waals surface area contributed by atoms with Crippen molar-refractivity contribution >= 4 is 40.9 Å². The average molecular weight is 635 g/mol. The van der Waals surface area contributed by atoms with Crippen LogP contribution in [-0.4, -0.2) is 67.3 Å². The molecule has 0 aliphatic carbocycles. The number of amides is 3. The third-order valence-electron chi connectivity index (χ3n) is 8.06. The van der Waals surface area contributed by atoms with Gasteiger partial charge in [-0.2, -0.15) is 5.26 Å². The van der Waals surface area contributed by atoms with Crippen LogP contribution in [0.2, 0.25) is 5.02 Å². The highest BCUT2D eigenvalue weighted by atomic mass is 35.5. The first-order valence-electron chi connectivity index (χ1n) is 14.5. The van der Waals surface area contributed by atoms with E-state index in [1.54, 1.807) is 12.1 Å². The van der Waals surface area contributed by atoms with Crippen LogP contribution in [0.5, 0.6) is 5.75 Å². The molecule has 3 aromatic rings. The summed E-state index contributed by atoms with van der Waals surface area (Å²) in [5.74, 6) is 0.543. The lowest BCUT2D eigenvalue weighted by Gasteiger charge is -2.44. The van der Waals surface area contributed by atoms with E-state index in [1.807, 2.05) is 39.0 Å². The van der Waals surface area contributed by atoms with E-state index >= 15 is 0 Å². The Labute approximate surface area is 268 Å². The zero-order valence-electron chi connectivity index (χ0n) is 26.2. The topological polar surface area (TPSA) is 159 Å². The number of nitrogens with two attached hydrogens (primary N) is 1. The van der Waals surface area contributed by atoms with Crippen molar-refractivity contribution < 1.29 is 19.1 Å². The van der Waals surface area contributed by atoms with Crippen molar-refractivity contribution in [2.24, 2.45) is 11.1 Å². The predicted octanol–water partition coefficient (Wildman–Crippen LogP) is 5.38. The van der Waals surface area contributed by atoms with Crippen molar-refractivity contribution in [2.75, 3.05) is 55.9 Å². The zero-order chi connectivity index (χ0) is 32.8. The minimum Gasteiger partial charge on any atom is -0.495 e. The number of hydrogen-bond acceptors (Lipinski definition) is 9. The molecule has 1 unspecified atom stereocenters. The van der Waals surface area contributed by atoms with Gasteiger partial charge in [-0.3, -0.25) is 5.32 Å². The van der Waals surface area contributed by atoms with Crippen LogP contribution in [0.25, 0.3) is 0 Å². The number of anilines is 3. The molecule has 1 fully saturated rings. The summed E-state index contributed by atoms with van der Waals surface area (Å²) in [5, 5.41) is 14.5. The molecule has 0 saturated carbocycles. The quantitative estimate of drug-likeness (QED) is 0.281. The number of carbonyl (C=O) groups excluding carboxylic acids is 2. The maximum absolute atomic E-state index is 12.6. The second-order valence-corrected chi connectivity index (χ2v) is 12.4. The Kier molecular flexibility index (Phi) is 10.4. The molecule has 4 N–H and O–H groups in total. The molecule has 45 heavy (non-hydrogen) atoms. The highest BCUT2D eigenvalue weighted by Crippen LogP contribution is 2.47. The second-order valence-electron chi connectivity index (χ2n) is 12.0. The fourth-order valence-corrected chi connectivity index (χ4v) is 5.74. The molecule has 0 spiro atoms. The summed E-state index contributed by atoms with van der Waals surface area (Å²) in [6, 6.07) is 12.8. The molecule has 1 saturated heterocycles. The molecule has 1 aromatic heterocycles. The second kappa shape index (κ2) is 14.0. The molecule has 0 bridgehead atoms. The number of hydrogen-bond donors (Lipinski definition) is 3. The van der Waals surface area contributed by atoms with E-state index in [9.17, 15) is 9.59 Å². The minimum absolute atomic E-state index is 0.129. The lowest BCUT2D eigenvalue weighted by atomic mass is 9.69. The Morgan fingerprint density at radius 2 is 1.76 bits per heavy atom. The van der Waals surface area contributed by atoms with Gasteiger partial charge in [0, 0.05) is 42.3 Å². The monoisotopic (exact) mass is 634 g/mol. The maximum atomic E-state index is 12.6. The van der Waals surface area contributed by atoms with E-state index in [1.165, 1.54) is 19.5 Å². The van der Waals surface area contributed by atoms with Crippen molar-refractivity contribution in [1.29, 1.82) is 5.26 Å². The third kappa shape index (κ3) is 7.92. The number of carbonyl (C=O) groups is 2. The summed E-state index contributed by atoms with van der Waals surface area (Å²) < 4.78 is 11.6. The Bertz CT molecular complexity index is 1550. The van der Waals surface area contributed by atoms with E-state index in [0.29, 0.717) is 29.3 Å². The molecule has 4 rings (SSSR count). The largest absolute Gasteiger partial charge is 0.495 e. The van der Waals surface area contributed by atoms with Gasteiger partial charge in [0.05, 0.1) is 25.2 Å². The van der Waals surface area contributed by atoms with Crippen LogP contribution in [0.15, 0.2) is 48.8 Å². The number of primary amides is 1. The molecule has 3 amide bonds. The van der Waals surface area contributed by atoms with Crippen LogP contribution in [0, 0.1) is 16.7 Å². The van der Waals surface area contributed by atoms with E-state index in [0.717, 1.165) is 43.0 Å². The Hall–Kier alpha value is -4.60. The summed E-state index contributed by atoms with van der Waals surface area (Å²) in [7, 11) is 3.61. The number of likely N-dealkylation sites (N-methyl/N-ethyl adjacent to an activating group) is 1. The Morgan fingerprint density at radius 1 is 1.07 bits per heavy atom. The van der Waals surface area contributed by atoms with Crippen LogP contribution in [-0.2, 0) is 16.8 Å². The number of rotatable bonds is 9. The SMILES string of the molecule is COc1cc(CCC(OC(N)=O)(c2ccc(N3CCN(C)CC3)cc2)C(C)(C)C)c(Cl)cc1NC(=O)Nc1cnc(C#N)cn1. The molecule has 12 nitrogen and oxygen atoms in total. The summed E-state index contributed by atoms with van der Waals surface area (Å²) >= 11 is 6.73. The number of nitrogens with one attached hydrogen (secondary N) is 2. The molecule has 1 aliphatic heterocycles. The van der Waals surface area contributed by atoms with Crippen LogP contribution < -0.4 is 26.0 Å². The van der Waals surface area contributed by atoms with Crippen molar-refractivity contribution in [3.8, 4) is 11.8 Å². The highest BCUT2D eigenvalue weighted by Gasteiger charge is 2.47. The highest BCUT2D eigenvalue weighted by molar-refractivity contribution is 6.31. The average Bonchev–Trinajstić information content (AvgIpc) is 3.00. The number of aryl methyl sites for hydroxylation is 1. The zero-order valence-corrected chi connectivity index (χ0v) is 26.9. The maximum Gasteiger partial charge on any atom is 0.405 e. The van der Waals surface area contributed by atoms with E-state index in [4.69, 9.17) is 32.1 Å². The number of urea groups is 1. The number of ether oxygens (including phenoxy) is 2. The van der Waals surface area contributed by atoms with Crippen molar-refractivity contribution in [3.05, 3.63) is 70.6 Å². The number of halogens is 1. The number of methoxy groups -OCH3 is 1. The van der Waals surface area contributed by atoms with Gasteiger partial charge in [0.1, 0.15) is 17.4 Å². The van der Waals surface area contributed by atoms with Gasteiger partial charge in [-0.05, 0) is 55.3 Å². The number of piperazine rings is 1. The third-order valence-corrected chi connectivity index (χ3v) is 8.41. The van der Waals surface area contributed by atoms with Crippen LogP contribution >= 0.6 is 11.6 Å². The van der Waals surface area contributed by atoms with Crippen LogP contribution in [0.1, 0.15) is 44.0 Å². The van der Waals surface area contributed by atoms with Gasteiger partial charge < -0.3 is 30.3 Å². The lowest BCUT2D eigenvalue weighted by molar-refractivity contribution is -0.0772. The summed E-state index contributed by atoms with van der Waals surface area (Å²) in [4.78, 5) is 37.5. The van der Waals surface area contributed by atoms with Gasteiger partial charge in [0.2, 0.25) is 0 Å². The molecule has 1 aliphatic rings. The van der Waals surface area contributed by atoms with Crippen molar-refractivity contribution in [2.45, 2.75) is 39.2 Å². The summed E-state index contributed by atoms with van der Waals surface area (Å²) in [6.07, 6.45) is 2.45. The molecule has 2 aromatic carbocycles. The molecular weight excluding hydrogens is 596 g/mol. The normalized spacial score (nSPS) is 15.0. The standard InChI is InChI=1S/C32H39ClN8O4/c1-31(2,3)32(45-29(35)42,22-6-8-24(9-7-22)41-14-12-40(4)13-15-41)11-10-21-16-27(44-5)26(17-25(21)33)38-30(43)39-28-20-36-23(18-34)19-37-28/h6-9,16-17,19-20H,10-15H2,1-5H3,(H2,35,42)(H2,37,38,39,43). The Morgan fingerprint density at radius 3 is 2.31 bits per heavy atom. The fraction of sp³-hybridized carbons (Fsp3) is 0.406. The first-order chi connectivity index (χ1) is 21.3. The van der Waals surface area contributed by atoms with Crippen LogP contribution in [0.4, 0.5) is 26.8 Å². The molecule has 238 valence electrons. The van der Waals surface area contributed by atoms with Gasteiger partial charge in [-0.15, -0.1) is 0 Å². The first-order valence-corrected chi connectivity index (χ1v) is 14.9. The van der Waals surface area contributed by atoms with Gasteiger partial charge in [-0.1, -0.05) is 44.5 Å². The minimum atomic E-state index is -1.07. The molecule has 1 atom stereocenters. The number of benzene rings is 2. The smallest absolute Gasteiger partial charge is 0.405 e. The summed E-state index contributed by atoms with van der Waals surface area (Å²) in [6.45, 7) is 9.90. The fourth-order valence-electron chi connectivity index (χ4n) is 5.48. The van der Waals surface area contributed by atoms with E-state index in [2.05, 4.69) is 49.6 Å².